The van der Waals surface area contributed by atoms with E-state index < -0.39 is 11.6 Å². The van der Waals surface area contributed by atoms with Crippen LogP contribution < -0.4 is 10.6 Å². The first kappa shape index (κ1) is 18.5. The van der Waals surface area contributed by atoms with E-state index in [9.17, 15) is 13.6 Å². The van der Waals surface area contributed by atoms with E-state index in [-0.39, 0.29) is 30.1 Å². The Morgan fingerprint density at radius 1 is 1.12 bits per heavy atom. The van der Waals surface area contributed by atoms with E-state index in [0.29, 0.717) is 19.5 Å². The first-order valence-electron chi connectivity index (χ1n) is 8.74. The average molecular weight is 359 g/mol. The molecule has 2 N–H and O–H groups in total. The molecule has 1 fully saturated rings. The van der Waals surface area contributed by atoms with Crippen LogP contribution in [0.5, 0.6) is 0 Å². The first-order chi connectivity index (χ1) is 12.6. The molecule has 1 saturated heterocycles. The van der Waals surface area contributed by atoms with E-state index in [0.717, 1.165) is 5.56 Å². The largest absolute Gasteiger partial charge is 0.358 e. The zero-order chi connectivity index (χ0) is 18.5. The monoisotopic (exact) mass is 359 g/mol. The number of rotatable bonds is 6. The Labute approximate surface area is 152 Å². The molecule has 1 heterocycles. The summed E-state index contributed by atoms with van der Waals surface area (Å²) in [5.41, 5.74) is 1.16. The highest BCUT2D eigenvalue weighted by Gasteiger charge is 2.36. The molecule has 4 nitrogen and oxygen atoms in total. The lowest BCUT2D eigenvalue weighted by atomic mass is 10.1. The van der Waals surface area contributed by atoms with Crippen molar-refractivity contribution in [3.8, 4) is 0 Å². The van der Waals surface area contributed by atoms with Crippen LogP contribution in [0.3, 0.4) is 0 Å². The van der Waals surface area contributed by atoms with Gasteiger partial charge in [-0.05, 0) is 24.1 Å². The molecule has 0 spiro atoms. The minimum Gasteiger partial charge on any atom is -0.358 e. The van der Waals surface area contributed by atoms with Crippen molar-refractivity contribution in [1.29, 1.82) is 0 Å². The highest BCUT2D eigenvalue weighted by Crippen LogP contribution is 2.22. The highest BCUT2D eigenvalue weighted by atomic mass is 19.1. The summed E-state index contributed by atoms with van der Waals surface area (Å²) in [6.45, 7) is 1.40. The number of hydrogen-bond donors (Lipinski definition) is 2. The zero-order valence-corrected chi connectivity index (χ0v) is 14.7. The molecule has 3 rings (SSSR count). The van der Waals surface area contributed by atoms with Gasteiger partial charge in [0.05, 0.1) is 6.04 Å². The van der Waals surface area contributed by atoms with Gasteiger partial charge < -0.3 is 10.6 Å². The average Bonchev–Trinajstić information content (AvgIpc) is 3.04. The lowest BCUT2D eigenvalue weighted by Crippen LogP contribution is -2.41. The molecular formula is C20H23F2N3O. The Balaban J connectivity index is 1.67. The molecular weight excluding hydrogens is 336 g/mol. The number of amides is 1. The molecule has 0 saturated carbocycles. The topological polar surface area (TPSA) is 44.4 Å². The molecule has 26 heavy (non-hydrogen) atoms. The minimum absolute atomic E-state index is 0.0139. The van der Waals surface area contributed by atoms with Gasteiger partial charge in [-0.25, -0.2) is 8.78 Å². The second kappa shape index (κ2) is 8.38. The fraction of sp³-hybridized carbons (Fsp3) is 0.350. The standard InChI is InChI=1S/C20H23F2N3O/c1-23-20(26)19-10-15(13-25(19)12-14-6-3-2-4-7-14)24-11-16-17(21)8-5-9-18(16)22/h2-9,15,19,24H,10-13H2,1H3,(H,23,26)/t15-,19+/m1/s1. The molecule has 138 valence electrons. The molecule has 1 aliphatic heterocycles. The molecule has 2 aromatic carbocycles. The first-order valence-corrected chi connectivity index (χ1v) is 8.74. The summed E-state index contributed by atoms with van der Waals surface area (Å²) in [5, 5.41) is 5.91. The summed E-state index contributed by atoms with van der Waals surface area (Å²) >= 11 is 0. The second-order valence-electron chi connectivity index (χ2n) is 6.56. The van der Waals surface area contributed by atoms with E-state index in [1.807, 2.05) is 30.3 Å². The third-order valence-corrected chi connectivity index (χ3v) is 4.81. The van der Waals surface area contributed by atoms with Crippen LogP contribution in [0.4, 0.5) is 8.78 Å². The summed E-state index contributed by atoms with van der Waals surface area (Å²) in [7, 11) is 1.62. The van der Waals surface area contributed by atoms with Crippen LogP contribution in [0.2, 0.25) is 0 Å². The molecule has 0 unspecified atom stereocenters. The van der Waals surface area contributed by atoms with Crippen molar-refractivity contribution in [2.24, 2.45) is 0 Å². The molecule has 1 aliphatic rings. The number of likely N-dealkylation sites (N-methyl/N-ethyl adjacent to an activating group) is 1. The number of nitrogens with one attached hydrogen (secondary N) is 2. The maximum atomic E-state index is 13.8. The Kier molecular flexibility index (Phi) is 5.96. The SMILES string of the molecule is CNC(=O)[C@@H]1C[C@@H](NCc2c(F)cccc2F)CN1Cc1ccccc1. The van der Waals surface area contributed by atoms with E-state index in [4.69, 9.17) is 0 Å². The Morgan fingerprint density at radius 2 is 1.81 bits per heavy atom. The number of halogens is 2. The molecule has 0 aromatic heterocycles. The predicted octanol–water partition coefficient (Wildman–Crippen LogP) is 2.44. The van der Waals surface area contributed by atoms with Gasteiger partial charge in [-0.3, -0.25) is 9.69 Å². The Hall–Kier alpha value is -2.31. The van der Waals surface area contributed by atoms with Gasteiger partial charge in [0, 0.05) is 38.3 Å². The van der Waals surface area contributed by atoms with Crippen LogP contribution in [-0.2, 0) is 17.9 Å². The summed E-state index contributed by atoms with van der Waals surface area (Å²) in [6.07, 6.45) is 0.600. The third-order valence-electron chi connectivity index (χ3n) is 4.81. The normalized spacial score (nSPS) is 20.3. The number of carbonyl (C=O) groups is 1. The molecule has 6 heteroatoms. The predicted molar refractivity (Wildman–Crippen MR) is 96.3 cm³/mol. The van der Waals surface area contributed by atoms with E-state index in [2.05, 4.69) is 15.5 Å². The second-order valence-corrected chi connectivity index (χ2v) is 6.56. The fourth-order valence-corrected chi connectivity index (χ4v) is 3.43. The van der Waals surface area contributed by atoms with Gasteiger partial charge in [0.25, 0.3) is 0 Å². The van der Waals surface area contributed by atoms with E-state index in [1.54, 1.807) is 7.05 Å². The summed E-state index contributed by atoms with van der Waals surface area (Å²) in [5.74, 6) is -1.15. The molecule has 2 aromatic rings. The molecule has 0 bridgehead atoms. The summed E-state index contributed by atoms with van der Waals surface area (Å²) < 4.78 is 27.6. The van der Waals surface area contributed by atoms with Crippen molar-refractivity contribution in [2.75, 3.05) is 13.6 Å². The highest BCUT2D eigenvalue weighted by molar-refractivity contribution is 5.81. The number of nitrogens with zero attached hydrogens (tertiary/aromatic N) is 1. The van der Waals surface area contributed by atoms with Crippen LogP contribution in [0.15, 0.2) is 48.5 Å². The van der Waals surface area contributed by atoms with Gasteiger partial charge in [0.2, 0.25) is 5.91 Å². The lowest BCUT2D eigenvalue weighted by molar-refractivity contribution is -0.125. The van der Waals surface area contributed by atoms with Crippen LogP contribution in [0, 0.1) is 11.6 Å². The van der Waals surface area contributed by atoms with Crippen molar-refractivity contribution in [1.82, 2.24) is 15.5 Å². The smallest absolute Gasteiger partial charge is 0.237 e. The van der Waals surface area contributed by atoms with E-state index >= 15 is 0 Å². The summed E-state index contributed by atoms with van der Waals surface area (Å²) in [4.78, 5) is 14.3. The lowest BCUT2D eigenvalue weighted by Gasteiger charge is -2.22. The maximum Gasteiger partial charge on any atom is 0.237 e. The Morgan fingerprint density at radius 3 is 2.46 bits per heavy atom. The third kappa shape index (κ3) is 4.26. The van der Waals surface area contributed by atoms with Crippen LogP contribution in [0.25, 0.3) is 0 Å². The van der Waals surface area contributed by atoms with Gasteiger partial charge in [0.15, 0.2) is 0 Å². The number of likely N-dealkylation sites (tertiary alicyclic amines) is 1. The Bertz CT molecular complexity index is 734. The number of benzene rings is 2. The molecule has 1 amide bonds. The summed E-state index contributed by atoms with van der Waals surface area (Å²) in [6, 6.07) is 13.5. The van der Waals surface area contributed by atoms with Crippen LogP contribution in [0.1, 0.15) is 17.5 Å². The van der Waals surface area contributed by atoms with E-state index in [1.165, 1.54) is 18.2 Å². The van der Waals surface area contributed by atoms with Gasteiger partial charge in [-0.15, -0.1) is 0 Å². The van der Waals surface area contributed by atoms with Gasteiger partial charge in [0.1, 0.15) is 11.6 Å². The molecule has 2 atom stereocenters. The van der Waals surface area contributed by atoms with Crippen molar-refractivity contribution in [2.45, 2.75) is 31.6 Å². The van der Waals surface area contributed by atoms with Crippen LogP contribution in [-0.4, -0.2) is 36.5 Å². The van der Waals surface area contributed by atoms with Crippen molar-refractivity contribution in [3.05, 3.63) is 71.3 Å². The van der Waals surface area contributed by atoms with Gasteiger partial charge >= 0.3 is 0 Å². The van der Waals surface area contributed by atoms with Gasteiger partial charge in [-0.1, -0.05) is 36.4 Å². The number of hydrogen-bond acceptors (Lipinski definition) is 3. The zero-order valence-electron chi connectivity index (χ0n) is 14.7. The number of carbonyl (C=O) groups excluding carboxylic acids is 1. The molecule has 0 radical (unpaired) electrons. The maximum absolute atomic E-state index is 13.8. The molecule has 0 aliphatic carbocycles. The van der Waals surface area contributed by atoms with Crippen LogP contribution >= 0.6 is 0 Å². The quantitative estimate of drug-likeness (QED) is 0.833. The van der Waals surface area contributed by atoms with Crippen molar-refractivity contribution < 1.29 is 13.6 Å². The fourth-order valence-electron chi connectivity index (χ4n) is 3.43. The van der Waals surface area contributed by atoms with Gasteiger partial charge in [-0.2, -0.15) is 0 Å². The van der Waals surface area contributed by atoms with Crippen molar-refractivity contribution >= 4 is 5.91 Å². The minimum atomic E-state index is -0.556. The van der Waals surface area contributed by atoms with Crippen molar-refractivity contribution in [3.63, 3.8) is 0 Å².